The van der Waals surface area contributed by atoms with Gasteiger partial charge in [-0.2, -0.15) is 0 Å². The van der Waals surface area contributed by atoms with Crippen LogP contribution in [0.5, 0.6) is 0 Å². The Morgan fingerprint density at radius 3 is 2.54 bits per heavy atom. The van der Waals surface area contributed by atoms with Crippen LogP contribution in [-0.4, -0.2) is 26.4 Å². The minimum absolute atomic E-state index is 0. The van der Waals surface area contributed by atoms with Crippen molar-refractivity contribution >= 4 is 51.0 Å². The van der Waals surface area contributed by atoms with E-state index < -0.39 is 10.0 Å². The zero-order chi connectivity index (χ0) is 17.9. The van der Waals surface area contributed by atoms with Gasteiger partial charge < -0.3 is 11.1 Å². The Balaban J connectivity index is 0.00000243. The summed E-state index contributed by atoms with van der Waals surface area (Å²) in [4.78, 5) is 13.7. The maximum atomic E-state index is 12.6. The van der Waals surface area contributed by atoms with E-state index in [1.54, 1.807) is 5.38 Å². The molecule has 0 unspecified atom stereocenters. The van der Waals surface area contributed by atoms with Crippen LogP contribution in [0.2, 0.25) is 0 Å². The Kier molecular flexibility index (Phi) is 7.63. The molecule has 26 heavy (non-hydrogen) atoms. The number of carbonyl (C=O) groups excluding carboxylic acids is 1. The van der Waals surface area contributed by atoms with E-state index in [-0.39, 0.29) is 46.7 Å². The molecule has 0 saturated heterocycles. The molecule has 0 bridgehead atoms. The first kappa shape index (κ1) is 21.3. The summed E-state index contributed by atoms with van der Waals surface area (Å²) in [6, 6.07) is 5.47. The molecule has 3 rings (SSSR count). The fraction of sp³-hybridized carbons (Fsp3) is 0.438. The fourth-order valence-electron chi connectivity index (χ4n) is 2.85. The molecule has 0 radical (unpaired) electrons. The van der Waals surface area contributed by atoms with Gasteiger partial charge in [-0.05, 0) is 48.6 Å². The first-order chi connectivity index (χ1) is 12.0. The Hall–Kier alpha value is -0.970. The van der Waals surface area contributed by atoms with Crippen LogP contribution in [0.1, 0.15) is 40.2 Å². The van der Waals surface area contributed by atoms with Gasteiger partial charge in [0.05, 0.1) is 0 Å². The van der Waals surface area contributed by atoms with Gasteiger partial charge in [0.2, 0.25) is 10.0 Å². The van der Waals surface area contributed by atoms with E-state index in [2.05, 4.69) is 10.0 Å². The monoisotopic (exact) mass is 435 g/mol. The third-order valence-corrected chi connectivity index (χ3v) is 7.61. The van der Waals surface area contributed by atoms with Crippen molar-refractivity contribution in [3.8, 4) is 0 Å². The molecule has 1 aliphatic rings. The minimum atomic E-state index is -3.73. The molecule has 0 aliphatic heterocycles. The van der Waals surface area contributed by atoms with Crippen LogP contribution in [0, 0.1) is 0 Å². The second-order valence-electron chi connectivity index (χ2n) is 6.10. The van der Waals surface area contributed by atoms with Crippen LogP contribution in [0.3, 0.4) is 0 Å². The summed E-state index contributed by atoms with van der Waals surface area (Å²) in [5.41, 5.74) is 5.88. The highest BCUT2D eigenvalue weighted by Crippen LogP contribution is 2.24. The summed E-state index contributed by atoms with van der Waals surface area (Å²) in [7, 11) is -3.73. The maximum absolute atomic E-state index is 12.6. The molecule has 4 N–H and O–H groups in total. The summed E-state index contributed by atoms with van der Waals surface area (Å²) in [6.45, 7) is 0.220. The average Bonchev–Trinajstić information content (AvgIpc) is 3.27. The molecule has 6 nitrogen and oxygen atoms in total. The predicted molar refractivity (Wildman–Crippen MR) is 108 cm³/mol. The number of hydrogen-bond donors (Lipinski definition) is 3. The Morgan fingerprint density at radius 1 is 1.15 bits per heavy atom. The second kappa shape index (κ2) is 9.29. The lowest BCUT2D eigenvalue weighted by molar-refractivity contribution is 0.0927. The van der Waals surface area contributed by atoms with Crippen molar-refractivity contribution in [2.24, 2.45) is 5.73 Å². The molecule has 0 aromatic carbocycles. The van der Waals surface area contributed by atoms with Crippen molar-refractivity contribution in [3.63, 3.8) is 0 Å². The molecule has 1 amide bonds. The fourth-order valence-corrected chi connectivity index (χ4v) is 5.92. The molecule has 2 aromatic heterocycles. The van der Waals surface area contributed by atoms with E-state index in [1.165, 1.54) is 17.4 Å². The van der Waals surface area contributed by atoms with Gasteiger partial charge >= 0.3 is 0 Å². The number of nitrogens with one attached hydrogen (secondary N) is 2. The van der Waals surface area contributed by atoms with Crippen molar-refractivity contribution in [1.29, 1.82) is 0 Å². The summed E-state index contributed by atoms with van der Waals surface area (Å²) in [5, 5.41) is 6.47. The van der Waals surface area contributed by atoms with Crippen LogP contribution >= 0.6 is 35.1 Å². The highest BCUT2D eigenvalue weighted by Gasteiger charge is 2.26. The molecule has 2 aromatic rings. The topological polar surface area (TPSA) is 101 Å². The van der Waals surface area contributed by atoms with Crippen molar-refractivity contribution in [1.82, 2.24) is 10.0 Å². The molecule has 2 heterocycles. The maximum Gasteiger partial charge on any atom is 0.262 e. The van der Waals surface area contributed by atoms with Gasteiger partial charge in [-0.1, -0.05) is 6.07 Å². The van der Waals surface area contributed by atoms with Crippen molar-refractivity contribution in [2.75, 3.05) is 0 Å². The first-order valence-corrected chi connectivity index (χ1v) is 11.4. The number of nitrogens with two attached hydrogens (primary N) is 1. The smallest absolute Gasteiger partial charge is 0.262 e. The van der Waals surface area contributed by atoms with Gasteiger partial charge in [0.1, 0.15) is 9.77 Å². The van der Waals surface area contributed by atoms with Gasteiger partial charge in [0.25, 0.3) is 5.91 Å². The number of sulfonamides is 1. The Labute approximate surface area is 167 Å². The third-order valence-electron chi connectivity index (χ3n) is 4.25. The van der Waals surface area contributed by atoms with Crippen molar-refractivity contribution < 1.29 is 13.2 Å². The summed E-state index contributed by atoms with van der Waals surface area (Å²) >= 11 is 2.62. The number of amides is 1. The number of thiophene rings is 2. The molecule has 1 fully saturated rings. The molecule has 10 heteroatoms. The molecular weight excluding hydrogens is 414 g/mol. The van der Waals surface area contributed by atoms with Crippen LogP contribution in [-0.2, 0) is 16.6 Å². The Bertz CT molecular complexity index is 813. The highest BCUT2D eigenvalue weighted by atomic mass is 35.5. The van der Waals surface area contributed by atoms with E-state index in [0.717, 1.165) is 41.9 Å². The van der Waals surface area contributed by atoms with Crippen LogP contribution in [0.25, 0.3) is 0 Å². The number of carbonyl (C=O) groups is 1. The molecule has 144 valence electrons. The molecular formula is C16H22ClN3O3S3. The van der Waals surface area contributed by atoms with E-state index in [1.807, 2.05) is 17.5 Å². The lowest BCUT2D eigenvalue weighted by Crippen LogP contribution is -2.40. The Morgan fingerprint density at radius 2 is 1.88 bits per heavy atom. The molecule has 0 atom stereocenters. The van der Waals surface area contributed by atoms with Gasteiger partial charge in [-0.25, -0.2) is 13.1 Å². The van der Waals surface area contributed by atoms with E-state index in [0.29, 0.717) is 0 Å². The lowest BCUT2D eigenvalue weighted by Gasteiger charge is -2.26. The SMILES string of the molecule is Cl.NC1CCC(NC(=O)c2sccc2S(=O)(=O)NCc2cccs2)CC1. The van der Waals surface area contributed by atoms with Gasteiger partial charge in [0, 0.05) is 23.5 Å². The zero-order valence-electron chi connectivity index (χ0n) is 14.0. The standard InChI is InChI=1S/C16H21N3O3S3.ClH/c17-11-3-5-12(6-4-11)19-16(20)15-14(7-9-24-15)25(21,22)18-10-13-2-1-8-23-13;/h1-2,7-9,11-12,18H,3-6,10,17H2,(H,19,20);1H. The molecule has 1 saturated carbocycles. The minimum Gasteiger partial charge on any atom is -0.349 e. The van der Waals surface area contributed by atoms with Crippen molar-refractivity contribution in [2.45, 2.75) is 49.2 Å². The van der Waals surface area contributed by atoms with Gasteiger partial charge in [-0.3, -0.25) is 4.79 Å². The summed E-state index contributed by atoms with van der Waals surface area (Å²) in [6.07, 6.45) is 3.42. The summed E-state index contributed by atoms with van der Waals surface area (Å²) in [5.74, 6) is -0.327. The lowest BCUT2D eigenvalue weighted by atomic mass is 9.92. The normalized spacial score (nSPS) is 20.3. The van der Waals surface area contributed by atoms with Gasteiger partial charge in [-0.15, -0.1) is 35.1 Å². The molecule has 0 spiro atoms. The zero-order valence-corrected chi connectivity index (χ0v) is 17.3. The van der Waals surface area contributed by atoms with Crippen LogP contribution < -0.4 is 15.8 Å². The number of hydrogen-bond acceptors (Lipinski definition) is 6. The first-order valence-electron chi connectivity index (χ1n) is 8.11. The van der Waals surface area contributed by atoms with E-state index in [9.17, 15) is 13.2 Å². The van der Waals surface area contributed by atoms with Crippen molar-refractivity contribution in [3.05, 3.63) is 38.7 Å². The second-order valence-corrected chi connectivity index (χ2v) is 9.79. The third kappa shape index (κ3) is 5.28. The van der Waals surface area contributed by atoms with Gasteiger partial charge in [0.15, 0.2) is 0 Å². The van der Waals surface area contributed by atoms with E-state index in [4.69, 9.17) is 5.73 Å². The predicted octanol–water partition coefficient (Wildman–Crippen LogP) is 2.71. The van der Waals surface area contributed by atoms with E-state index >= 15 is 0 Å². The van der Waals surface area contributed by atoms with Crippen LogP contribution in [0.4, 0.5) is 0 Å². The number of halogens is 1. The largest absolute Gasteiger partial charge is 0.349 e. The van der Waals surface area contributed by atoms with Crippen LogP contribution in [0.15, 0.2) is 33.9 Å². The quantitative estimate of drug-likeness (QED) is 0.649. The average molecular weight is 436 g/mol. The summed E-state index contributed by atoms with van der Waals surface area (Å²) < 4.78 is 27.7. The highest BCUT2D eigenvalue weighted by molar-refractivity contribution is 7.89. The number of rotatable bonds is 6. The molecule has 1 aliphatic carbocycles.